The molecule has 2 aromatic heterocycles. The predicted molar refractivity (Wildman–Crippen MR) is 113 cm³/mol. The second-order valence-corrected chi connectivity index (χ2v) is 7.80. The Kier molecular flexibility index (Phi) is 6.33. The molecule has 0 bridgehead atoms. The van der Waals surface area contributed by atoms with Gasteiger partial charge in [-0.05, 0) is 38.0 Å². The van der Waals surface area contributed by atoms with E-state index in [2.05, 4.69) is 20.2 Å². The molecule has 0 aliphatic heterocycles. The summed E-state index contributed by atoms with van der Waals surface area (Å²) in [4.78, 5) is 32.2. The smallest absolute Gasteiger partial charge is 0.339 e. The van der Waals surface area contributed by atoms with Crippen LogP contribution in [0.4, 0.5) is 0 Å². The van der Waals surface area contributed by atoms with E-state index in [4.69, 9.17) is 4.74 Å². The number of ether oxygens (including phenoxy) is 1. The largest absolute Gasteiger partial charge is 0.465 e. The van der Waals surface area contributed by atoms with Crippen molar-refractivity contribution in [3.05, 3.63) is 64.2 Å². The van der Waals surface area contributed by atoms with Gasteiger partial charge in [0.15, 0.2) is 5.78 Å². The molecule has 0 aliphatic carbocycles. The number of Topliss-reactive ketones (excluding diaryl/α,β-unsaturated/α-hetero) is 1. The molecule has 7 nitrogen and oxygen atoms in total. The fourth-order valence-corrected chi connectivity index (χ4v) is 3.73. The number of ketones is 1. The van der Waals surface area contributed by atoms with Crippen LogP contribution in [0, 0.1) is 13.8 Å². The fraction of sp³-hybridized carbons (Fsp3) is 0.238. The van der Waals surface area contributed by atoms with Crippen LogP contribution < -0.4 is 0 Å². The molecule has 0 saturated heterocycles. The van der Waals surface area contributed by atoms with Crippen molar-refractivity contribution < 1.29 is 14.3 Å². The molecule has 3 aromatic rings. The van der Waals surface area contributed by atoms with E-state index in [0.717, 1.165) is 5.56 Å². The maximum absolute atomic E-state index is 12.9. The summed E-state index contributed by atoms with van der Waals surface area (Å²) in [5, 5.41) is 7.08. The van der Waals surface area contributed by atoms with Gasteiger partial charge in [0.05, 0.1) is 23.6 Å². The van der Waals surface area contributed by atoms with Gasteiger partial charge in [-0.1, -0.05) is 48.2 Å². The molecule has 0 saturated carbocycles. The first-order chi connectivity index (χ1) is 13.9. The average Bonchev–Trinajstić information content (AvgIpc) is 3.29. The molecule has 0 aliphatic rings. The van der Waals surface area contributed by atoms with Crippen molar-refractivity contribution in [3.63, 3.8) is 0 Å². The standard InChI is InChI=1S/C21H22N4O3S/c1-12-17(20(27)28-4)13(2)22-18(12)19(26)14(3)29-21-23-16(24-25-21)11-10-15-8-6-5-7-9-15/h5-11,14,22H,1-4H3,(H,23,24,25). The third kappa shape index (κ3) is 4.65. The summed E-state index contributed by atoms with van der Waals surface area (Å²) in [6.07, 6.45) is 3.77. The number of methoxy groups -OCH3 is 1. The molecular formula is C21H22N4O3S. The third-order valence-corrected chi connectivity index (χ3v) is 5.40. The monoisotopic (exact) mass is 410 g/mol. The second-order valence-electron chi connectivity index (χ2n) is 6.49. The minimum atomic E-state index is -0.459. The van der Waals surface area contributed by atoms with Crippen LogP contribution in [-0.2, 0) is 4.74 Å². The fourth-order valence-electron chi connectivity index (χ4n) is 2.94. The lowest BCUT2D eigenvalue weighted by Crippen LogP contribution is -2.15. The molecule has 0 amide bonds. The first-order valence-corrected chi connectivity index (χ1v) is 9.92. The second kappa shape index (κ2) is 8.91. The minimum absolute atomic E-state index is 0.128. The van der Waals surface area contributed by atoms with Gasteiger partial charge in [-0.15, -0.1) is 5.10 Å². The van der Waals surface area contributed by atoms with Gasteiger partial charge in [-0.3, -0.25) is 9.89 Å². The lowest BCUT2D eigenvalue weighted by molar-refractivity contribution is 0.0599. The number of nitrogens with one attached hydrogen (secondary N) is 2. The normalized spacial score (nSPS) is 12.3. The van der Waals surface area contributed by atoms with Crippen molar-refractivity contribution >= 4 is 35.7 Å². The van der Waals surface area contributed by atoms with Crippen LogP contribution in [-0.4, -0.2) is 44.3 Å². The van der Waals surface area contributed by atoms with E-state index in [-0.39, 0.29) is 5.78 Å². The van der Waals surface area contributed by atoms with Crippen molar-refractivity contribution in [1.82, 2.24) is 20.2 Å². The average molecular weight is 410 g/mol. The quantitative estimate of drug-likeness (QED) is 0.346. The van der Waals surface area contributed by atoms with Crippen molar-refractivity contribution in [2.24, 2.45) is 0 Å². The van der Waals surface area contributed by atoms with Crippen LogP contribution in [0.3, 0.4) is 0 Å². The Bertz CT molecular complexity index is 1050. The molecule has 8 heteroatoms. The van der Waals surface area contributed by atoms with Crippen molar-refractivity contribution in [3.8, 4) is 0 Å². The SMILES string of the molecule is COC(=O)c1c(C)[nH]c(C(=O)C(C)Sc2n[nH]c(C=Cc3ccccc3)n2)c1C. The summed E-state index contributed by atoms with van der Waals surface area (Å²) >= 11 is 1.25. The maximum Gasteiger partial charge on any atom is 0.339 e. The highest BCUT2D eigenvalue weighted by molar-refractivity contribution is 8.00. The highest BCUT2D eigenvalue weighted by Gasteiger charge is 2.26. The highest BCUT2D eigenvalue weighted by Crippen LogP contribution is 2.26. The zero-order valence-corrected chi connectivity index (χ0v) is 17.5. The maximum atomic E-state index is 12.9. The molecule has 29 heavy (non-hydrogen) atoms. The number of aromatic nitrogens is 4. The summed E-state index contributed by atoms with van der Waals surface area (Å²) in [6.45, 7) is 5.27. The van der Waals surface area contributed by atoms with Gasteiger partial charge in [0.25, 0.3) is 0 Å². The Balaban J connectivity index is 1.70. The molecule has 3 rings (SSSR count). The highest BCUT2D eigenvalue weighted by atomic mass is 32.2. The zero-order chi connectivity index (χ0) is 21.0. The number of aromatic amines is 2. The van der Waals surface area contributed by atoms with Crippen LogP contribution >= 0.6 is 11.8 Å². The minimum Gasteiger partial charge on any atom is -0.465 e. The summed E-state index contributed by atoms with van der Waals surface area (Å²) in [5.41, 5.74) is 3.07. The van der Waals surface area contributed by atoms with E-state index in [0.29, 0.717) is 33.5 Å². The molecule has 0 radical (unpaired) electrons. The summed E-state index contributed by atoms with van der Waals surface area (Å²) in [6, 6.07) is 9.87. The number of carbonyl (C=O) groups excluding carboxylic acids is 2. The van der Waals surface area contributed by atoms with Gasteiger partial charge < -0.3 is 9.72 Å². The van der Waals surface area contributed by atoms with Crippen molar-refractivity contribution in [2.45, 2.75) is 31.2 Å². The number of hydrogen-bond donors (Lipinski definition) is 2. The van der Waals surface area contributed by atoms with E-state index in [1.165, 1.54) is 18.9 Å². The number of aryl methyl sites for hydroxylation is 1. The first-order valence-electron chi connectivity index (χ1n) is 9.04. The van der Waals surface area contributed by atoms with Gasteiger partial charge in [0.1, 0.15) is 5.82 Å². The van der Waals surface area contributed by atoms with Crippen LogP contribution in [0.2, 0.25) is 0 Å². The zero-order valence-electron chi connectivity index (χ0n) is 16.6. The van der Waals surface area contributed by atoms with Gasteiger partial charge in [0, 0.05) is 5.69 Å². The molecule has 0 spiro atoms. The number of thioether (sulfide) groups is 1. The van der Waals surface area contributed by atoms with E-state index < -0.39 is 11.2 Å². The molecule has 1 atom stereocenters. The summed E-state index contributed by atoms with van der Waals surface area (Å²) in [5.74, 6) is 0.0206. The molecule has 1 unspecified atom stereocenters. The molecule has 2 heterocycles. The van der Waals surface area contributed by atoms with Gasteiger partial charge in [-0.2, -0.15) is 0 Å². The number of esters is 1. The summed E-state index contributed by atoms with van der Waals surface area (Å²) < 4.78 is 4.80. The number of rotatable bonds is 7. The van der Waals surface area contributed by atoms with Crippen LogP contribution in [0.5, 0.6) is 0 Å². The van der Waals surface area contributed by atoms with Crippen LogP contribution in [0.15, 0.2) is 35.5 Å². The van der Waals surface area contributed by atoms with Gasteiger partial charge in [-0.25, -0.2) is 9.78 Å². The molecule has 2 N–H and O–H groups in total. The molecule has 150 valence electrons. The summed E-state index contributed by atoms with van der Waals surface area (Å²) in [7, 11) is 1.32. The lowest BCUT2D eigenvalue weighted by Gasteiger charge is -2.07. The van der Waals surface area contributed by atoms with Crippen LogP contribution in [0.25, 0.3) is 12.2 Å². The van der Waals surface area contributed by atoms with E-state index in [9.17, 15) is 9.59 Å². The van der Waals surface area contributed by atoms with Crippen LogP contribution in [0.1, 0.15) is 50.4 Å². The van der Waals surface area contributed by atoms with Crippen molar-refractivity contribution in [2.75, 3.05) is 7.11 Å². The Hall–Kier alpha value is -3.13. The molecule has 0 fully saturated rings. The van der Waals surface area contributed by atoms with E-state index in [1.807, 2.05) is 42.5 Å². The number of H-pyrrole nitrogens is 2. The number of nitrogens with zero attached hydrogens (tertiary/aromatic N) is 2. The van der Waals surface area contributed by atoms with Gasteiger partial charge >= 0.3 is 5.97 Å². The Morgan fingerprint density at radius 1 is 1.17 bits per heavy atom. The number of benzene rings is 1. The number of hydrogen-bond acceptors (Lipinski definition) is 6. The van der Waals surface area contributed by atoms with E-state index in [1.54, 1.807) is 20.8 Å². The van der Waals surface area contributed by atoms with Gasteiger partial charge in [0.2, 0.25) is 5.16 Å². The predicted octanol–water partition coefficient (Wildman–Crippen LogP) is 4.07. The Morgan fingerprint density at radius 3 is 2.59 bits per heavy atom. The molecular weight excluding hydrogens is 388 g/mol. The third-order valence-electron chi connectivity index (χ3n) is 4.44. The first kappa shape index (κ1) is 20.6. The Morgan fingerprint density at radius 2 is 1.90 bits per heavy atom. The van der Waals surface area contributed by atoms with Crippen molar-refractivity contribution in [1.29, 1.82) is 0 Å². The lowest BCUT2D eigenvalue weighted by atomic mass is 10.1. The number of carbonyl (C=O) groups is 2. The molecule has 1 aromatic carbocycles. The Labute approximate surface area is 173 Å². The topological polar surface area (TPSA) is 101 Å². The van der Waals surface area contributed by atoms with E-state index >= 15 is 0 Å².